The molecule has 0 aliphatic rings. The first-order chi connectivity index (χ1) is 5.09. The Morgan fingerprint density at radius 2 is 1.64 bits per heavy atom. The van der Waals surface area contributed by atoms with Gasteiger partial charge in [-0.05, 0) is 24.2 Å². The Balaban J connectivity index is 3.81. The van der Waals surface area contributed by atoms with Crippen molar-refractivity contribution in [2.24, 2.45) is 17.8 Å². The lowest BCUT2D eigenvalue weighted by atomic mass is 9.86. The number of allylic oxidation sites excluding steroid dienone is 2. The topological polar surface area (TPSA) is 0 Å². The Hall–Kier alpha value is -0.260. The zero-order valence-corrected chi connectivity index (χ0v) is 8.59. The smallest absolute Gasteiger partial charge is 0.0234 e. The average Bonchev–Trinajstić information content (AvgIpc) is 1.98. The molecule has 0 aromatic rings. The molecule has 0 amide bonds. The molecule has 11 heavy (non-hydrogen) atoms. The normalized spacial score (nSPS) is 17.6. The minimum absolute atomic E-state index is 0.731. The molecule has 0 fully saturated rings. The molecule has 0 aromatic heterocycles. The molecule has 2 unspecified atom stereocenters. The number of hydrogen-bond acceptors (Lipinski definition) is 0. The van der Waals surface area contributed by atoms with E-state index < -0.39 is 0 Å². The molecule has 0 spiro atoms. The predicted octanol–water partition coefficient (Wildman–Crippen LogP) is 3.88. The Labute approximate surface area is 71.7 Å². The second-order valence-electron chi connectivity index (χ2n) is 3.80. The highest BCUT2D eigenvalue weighted by Crippen LogP contribution is 2.20. The summed E-state index contributed by atoms with van der Waals surface area (Å²) in [5, 5.41) is 0. The first-order valence-electron chi connectivity index (χ1n) is 4.76. The van der Waals surface area contributed by atoms with Gasteiger partial charge in [-0.25, -0.2) is 0 Å². The van der Waals surface area contributed by atoms with Gasteiger partial charge in [-0.3, -0.25) is 0 Å². The monoisotopic (exact) mass is 154 g/mol. The molecule has 0 aliphatic heterocycles. The highest BCUT2D eigenvalue weighted by atomic mass is 14.2. The minimum Gasteiger partial charge on any atom is -0.0885 e. The lowest BCUT2D eigenvalue weighted by molar-refractivity contribution is 0.342. The summed E-state index contributed by atoms with van der Waals surface area (Å²) in [6.45, 7) is 11.4. The summed E-state index contributed by atoms with van der Waals surface area (Å²) in [6.07, 6.45) is 5.77. The third-order valence-electron chi connectivity index (χ3n) is 2.56. The van der Waals surface area contributed by atoms with Gasteiger partial charge >= 0.3 is 0 Å². The molecule has 0 N–H and O–H groups in total. The summed E-state index contributed by atoms with van der Waals surface area (Å²) in [6, 6.07) is 0. The molecule has 0 heteroatoms. The maximum atomic E-state index is 2.34. The van der Waals surface area contributed by atoms with Crippen molar-refractivity contribution >= 4 is 0 Å². The van der Waals surface area contributed by atoms with Gasteiger partial charge in [-0.2, -0.15) is 0 Å². The van der Waals surface area contributed by atoms with Gasteiger partial charge in [-0.15, -0.1) is 0 Å². The number of hydrogen-bond donors (Lipinski definition) is 0. The van der Waals surface area contributed by atoms with E-state index >= 15 is 0 Å². The van der Waals surface area contributed by atoms with Crippen LogP contribution >= 0.6 is 0 Å². The van der Waals surface area contributed by atoms with E-state index in [0.29, 0.717) is 0 Å². The Morgan fingerprint density at radius 3 is 2.00 bits per heavy atom. The van der Waals surface area contributed by atoms with Crippen LogP contribution in [0.4, 0.5) is 0 Å². The summed E-state index contributed by atoms with van der Waals surface area (Å²) >= 11 is 0. The van der Waals surface area contributed by atoms with E-state index in [-0.39, 0.29) is 0 Å². The molecule has 0 aromatic carbocycles. The standard InChI is InChI=1S/C11H22/c1-6-7-8-10(4)11(5)9(2)3/h7-11H,6H2,1-5H3/b8-7-. The zero-order valence-electron chi connectivity index (χ0n) is 8.59. The van der Waals surface area contributed by atoms with Crippen LogP contribution in [0.25, 0.3) is 0 Å². The van der Waals surface area contributed by atoms with Crippen molar-refractivity contribution in [2.75, 3.05) is 0 Å². The summed E-state index contributed by atoms with van der Waals surface area (Å²) < 4.78 is 0. The van der Waals surface area contributed by atoms with Crippen LogP contribution in [0.2, 0.25) is 0 Å². The van der Waals surface area contributed by atoms with Gasteiger partial charge < -0.3 is 0 Å². The minimum atomic E-state index is 0.731. The van der Waals surface area contributed by atoms with Crippen molar-refractivity contribution in [1.82, 2.24) is 0 Å². The van der Waals surface area contributed by atoms with Crippen LogP contribution in [0.5, 0.6) is 0 Å². The van der Waals surface area contributed by atoms with Crippen LogP contribution in [-0.4, -0.2) is 0 Å². The average molecular weight is 154 g/mol. The Kier molecular flexibility index (Phi) is 5.27. The quantitative estimate of drug-likeness (QED) is 0.539. The molecule has 0 rings (SSSR count). The van der Waals surface area contributed by atoms with Crippen molar-refractivity contribution in [1.29, 1.82) is 0 Å². The third kappa shape index (κ3) is 4.23. The second-order valence-corrected chi connectivity index (χ2v) is 3.80. The van der Waals surface area contributed by atoms with Gasteiger partial charge in [0.2, 0.25) is 0 Å². The molecule has 0 aliphatic carbocycles. The molecule has 0 bridgehead atoms. The molecule has 0 radical (unpaired) electrons. The van der Waals surface area contributed by atoms with Crippen molar-refractivity contribution in [3.63, 3.8) is 0 Å². The van der Waals surface area contributed by atoms with E-state index in [2.05, 4.69) is 46.8 Å². The van der Waals surface area contributed by atoms with E-state index in [1.54, 1.807) is 0 Å². The molecule has 66 valence electrons. The van der Waals surface area contributed by atoms with Crippen LogP contribution in [0.15, 0.2) is 12.2 Å². The lowest BCUT2D eigenvalue weighted by Gasteiger charge is -2.20. The van der Waals surface area contributed by atoms with Crippen molar-refractivity contribution in [3.05, 3.63) is 12.2 Å². The van der Waals surface area contributed by atoms with Crippen LogP contribution in [0, 0.1) is 17.8 Å². The fourth-order valence-electron chi connectivity index (χ4n) is 1.13. The first kappa shape index (κ1) is 10.7. The zero-order chi connectivity index (χ0) is 8.85. The first-order valence-corrected chi connectivity index (χ1v) is 4.76. The highest BCUT2D eigenvalue weighted by Gasteiger charge is 2.12. The predicted molar refractivity (Wildman–Crippen MR) is 52.6 cm³/mol. The van der Waals surface area contributed by atoms with Gasteiger partial charge in [0.25, 0.3) is 0 Å². The Bertz CT molecular complexity index is 111. The fraction of sp³-hybridized carbons (Fsp3) is 0.818. The van der Waals surface area contributed by atoms with Crippen LogP contribution in [-0.2, 0) is 0 Å². The maximum absolute atomic E-state index is 2.34. The maximum Gasteiger partial charge on any atom is -0.0234 e. The van der Waals surface area contributed by atoms with Crippen LogP contribution in [0.3, 0.4) is 0 Å². The molecule has 0 nitrogen and oxygen atoms in total. The largest absolute Gasteiger partial charge is 0.0885 e. The Morgan fingerprint density at radius 1 is 1.09 bits per heavy atom. The van der Waals surface area contributed by atoms with E-state index in [1.807, 2.05) is 0 Å². The lowest BCUT2D eigenvalue weighted by Crippen LogP contribution is -2.11. The SMILES string of the molecule is CC/C=C\C(C)C(C)C(C)C. The van der Waals surface area contributed by atoms with Crippen molar-refractivity contribution in [3.8, 4) is 0 Å². The second kappa shape index (κ2) is 5.40. The van der Waals surface area contributed by atoms with Gasteiger partial charge in [0.05, 0.1) is 0 Å². The molecule has 2 atom stereocenters. The van der Waals surface area contributed by atoms with E-state index in [9.17, 15) is 0 Å². The summed E-state index contributed by atoms with van der Waals surface area (Å²) in [5.41, 5.74) is 0. The van der Waals surface area contributed by atoms with E-state index in [4.69, 9.17) is 0 Å². The molecule has 0 heterocycles. The highest BCUT2D eigenvalue weighted by molar-refractivity contribution is 4.88. The summed E-state index contributed by atoms with van der Waals surface area (Å²) in [4.78, 5) is 0. The van der Waals surface area contributed by atoms with Crippen LogP contribution in [0.1, 0.15) is 41.0 Å². The molecule has 0 saturated heterocycles. The van der Waals surface area contributed by atoms with Gasteiger partial charge in [-0.1, -0.05) is 46.8 Å². The third-order valence-corrected chi connectivity index (χ3v) is 2.56. The molecular weight excluding hydrogens is 132 g/mol. The van der Waals surface area contributed by atoms with Gasteiger partial charge in [0.15, 0.2) is 0 Å². The fourth-order valence-corrected chi connectivity index (χ4v) is 1.13. The number of rotatable bonds is 4. The van der Waals surface area contributed by atoms with Crippen LogP contribution < -0.4 is 0 Å². The van der Waals surface area contributed by atoms with Gasteiger partial charge in [0.1, 0.15) is 0 Å². The molecular formula is C11H22. The van der Waals surface area contributed by atoms with Gasteiger partial charge in [0, 0.05) is 0 Å². The summed E-state index contributed by atoms with van der Waals surface area (Å²) in [5.74, 6) is 2.33. The van der Waals surface area contributed by atoms with E-state index in [1.165, 1.54) is 0 Å². The van der Waals surface area contributed by atoms with Crippen molar-refractivity contribution < 1.29 is 0 Å². The van der Waals surface area contributed by atoms with E-state index in [0.717, 1.165) is 24.2 Å². The van der Waals surface area contributed by atoms with Crippen molar-refractivity contribution in [2.45, 2.75) is 41.0 Å². The molecule has 0 saturated carbocycles. The summed E-state index contributed by atoms with van der Waals surface area (Å²) in [7, 11) is 0.